The van der Waals surface area contributed by atoms with E-state index >= 15 is 0 Å². The van der Waals surface area contributed by atoms with Gasteiger partial charge >= 0.3 is 5.97 Å². The number of aromatic nitrogens is 2. The van der Waals surface area contributed by atoms with Gasteiger partial charge in [0.05, 0.1) is 22.9 Å². The number of amides is 1. The lowest BCUT2D eigenvalue weighted by Gasteiger charge is -2.06. The van der Waals surface area contributed by atoms with Gasteiger partial charge in [0, 0.05) is 12.3 Å². The van der Waals surface area contributed by atoms with Gasteiger partial charge in [0.1, 0.15) is 6.61 Å². The van der Waals surface area contributed by atoms with Crippen LogP contribution in [0.25, 0.3) is 10.2 Å². The van der Waals surface area contributed by atoms with E-state index in [4.69, 9.17) is 9.47 Å². The Morgan fingerprint density at radius 2 is 1.94 bits per heavy atom. The standard InChI is InChI=1S/C22H17N3O5S/c1-29-16-9-10-23-18(19(16)26)20(27)25-22-24-15-8-7-14(11-17(15)31-22)21(28)30-12-13-5-3-2-4-6-13/h2-11,26H,12H2,1H3,(H,24,25,27). The maximum Gasteiger partial charge on any atom is 0.338 e. The Balaban J connectivity index is 1.48. The number of rotatable bonds is 6. The van der Waals surface area contributed by atoms with Crippen molar-refractivity contribution in [2.45, 2.75) is 6.61 Å². The number of pyridine rings is 1. The number of nitrogens with one attached hydrogen (secondary N) is 1. The third kappa shape index (κ3) is 4.46. The molecule has 31 heavy (non-hydrogen) atoms. The number of methoxy groups -OCH3 is 1. The van der Waals surface area contributed by atoms with E-state index < -0.39 is 11.9 Å². The lowest BCUT2D eigenvalue weighted by molar-refractivity contribution is 0.0473. The van der Waals surface area contributed by atoms with Crippen LogP contribution in [0.2, 0.25) is 0 Å². The van der Waals surface area contributed by atoms with Gasteiger partial charge in [-0.25, -0.2) is 14.8 Å². The van der Waals surface area contributed by atoms with Crippen LogP contribution in [0.4, 0.5) is 5.13 Å². The molecule has 4 rings (SSSR count). The number of ether oxygens (including phenoxy) is 2. The van der Waals surface area contributed by atoms with E-state index in [1.807, 2.05) is 30.3 Å². The third-order valence-electron chi connectivity index (χ3n) is 4.38. The first kappa shape index (κ1) is 20.3. The minimum atomic E-state index is -0.627. The monoisotopic (exact) mass is 435 g/mol. The minimum absolute atomic E-state index is 0.142. The molecule has 8 nitrogen and oxygen atoms in total. The molecule has 9 heteroatoms. The zero-order valence-electron chi connectivity index (χ0n) is 16.4. The first-order valence-electron chi connectivity index (χ1n) is 9.20. The molecule has 0 aliphatic heterocycles. The number of fused-ring (bicyclic) bond motifs is 1. The summed E-state index contributed by atoms with van der Waals surface area (Å²) in [7, 11) is 1.38. The minimum Gasteiger partial charge on any atom is -0.503 e. The van der Waals surface area contributed by atoms with E-state index in [9.17, 15) is 14.7 Å². The van der Waals surface area contributed by atoms with Gasteiger partial charge in [-0.3, -0.25) is 10.1 Å². The Morgan fingerprint density at radius 3 is 2.71 bits per heavy atom. The molecule has 0 spiro atoms. The van der Waals surface area contributed by atoms with Crippen molar-refractivity contribution in [2.75, 3.05) is 12.4 Å². The van der Waals surface area contributed by atoms with Gasteiger partial charge in [-0.1, -0.05) is 41.7 Å². The summed E-state index contributed by atoms with van der Waals surface area (Å²) >= 11 is 1.19. The van der Waals surface area contributed by atoms with Crippen LogP contribution in [0.15, 0.2) is 60.8 Å². The average Bonchev–Trinajstić information content (AvgIpc) is 3.19. The van der Waals surface area contributed by atoms with Gasteiger partial charge in [0.25, 0.3) is 5.91 Å². The molecule has 0 bridgehead atoms. The van der Waals surface area contributed by atoms with Gasteiger partial charge in [0.15, 0.2) is 22.3 Å². The van der Waals surface area contributed by atoms with Gasteiger partial charge < -0.3 is 14.6 Å². The highest BCUT2D eigenvalue weighted by atomic mass is 32.1. The Labute approximate surface area is 181 Å². The molecule has 2 aromatic heterocycles. The molecular formula is C22H17N3O5S. The summed E-state index contributed by atoms with van der Waals surface area (Å²) in [4.78, 5) is 33.1. The Hall–Kier alpha value is -3.98. The molecule has 0 atom stereocenters. The highest BCUT2D eigenvalue weighted by Crippen LogP contribution is 2.30. The predicted molar refractivity (Wildman–Crippen MR) is 116 cm³/mol. The van der Waals surface area contributed by atoms with Crippen molar-refractivity contribution in [3.05, 3.63) is 77.6 Å². The molecule has 0 aliphatic rings. The average molecular weight is 435 g/mol. The van der Waals surface area contributed by atoms with Gasteiger partial charge in [0.2, 0.25) is 0 Å². The van der Waals surface area contributed by atoms with Crippen molar-refractivity contribution in [3.8, 4) is 11.5 Å². The van der Waals surface area contributed by atoms with Crippen LogP contribution in [0.3, 0.4) is 0 Å². The van der Waals surface area contributed by atoms with Crippen molar-refractivity contribution in [1.82, 2.24) is 9.97 Å². The molecule has 0 aliphatic carbocycles. The topological polar surface area (TPSA) is 111 Å². The summed E-state index contributed by atoms with van der Waals surface area (Å²) in [6.07, 6.45) is 1.36. The van der Waals surface area contributed by atoms with Crippen LogP contribution in [0.1, 0.15) is 26.4 Å². The lowest BCUT2D eigenvalue weighted by atomic mass is 10.2. The second-order valence-electron chi connectivity index (χ2n) is 6.43. The first-order chi connectivity index (χ1) is 15.0. The predicted octanol–water partition coefficient (Wildman–Crippen LogP) is 4.01. The summed E-state index contributed by atoms with van der Waals surface area (Å²) in [5.41, 5.74) is 1.72. The number of hydrogen-bond acceptors (Lipinski definition) is 8. The fraction of sp³-hybridized carbons (Fsp3) is 0.0909. The zero-order valence-corrected chi connectivity index (χ0v) is 17.2. The highest BCUT2D eigenvalue weighted by Gasteiger charge is 2.19. The highest BCUT2D eigenvalue weighted by molar-refractivity contribution is 7.22. The number of anilines is 1. The van der Waals surface area contributed by atoms with Crippen LogP contribution >= 0.6 is 11.3 Å². The van der Waals surface area contributed by atoms with Crippen LogP contribution < -0.4 is 10.1 Å². The molecule has 0 radical (unpaired) electrons. The molecule has 0 saturated carbocycles. The number of esters is 1. The van der Waals surface area contributed by atoms with E-state index in [1.165, 1.54) is 30.7 Å². The molecular weight excluding hydrogens is 418 g/mol. The van der Waals surface area contributed by atoms with Crippen molar-refractivity contribution < 1.29 is 24.2 Å². The SMILES string of the molecule is COc1ccnc(C(=O)Nc2nc3ccc(C(=O)OCc4ccccc4)cc3s2)c1O. The zero-order chi connectivity index (χ0) is 21.8. The second kappa shape index (κ2) is 8.80. The molecule has 156 valence electrons. The number of benzene rings is 2. The molecule has 2 heterocycles. The summed E-state index contributed by atoms with van der Waals surface area (Å²) in [6, 6.07) is 15.8. The van der Waals surface area contributed by atoms with E-state index in [0.29, 0.717) is 20.9 Å². The third-order valence-corrected chi connectivity index (χ3v) is 5.31. The largest absolute Gasteiger partial charge is 0.503 e. The van der Waals surface area contributed by atoms with Gasteiger partial charge in [-0.05, 0) is 23.8 Å². The number of carbonyl (C=O) groups excluding carboxylic acids is 2. The molecule has 1 amide bonds. The fourth-order valence-electron chi connectivity index (χ4n) is 2.83. The smallest absolute Gasteiger partial charge is 0.338 e. The summed E-state index contributed by atoms with van der Waals surface area (Å²) in [5.74, 6) is -1.29. The van der Waals surface area contributed by atoms with E-state index in [1.54, 1.807) is 18.2 Å². The normalized spacial score (nSPS) is 10.6. The molecule has 0 saturated heterocycles. The number of hydrogen-bond donors (Lipinski definition) is 2. The molecule has 2 N–H and O–H groups in total. The first-order valence-corrected chi connectivity index (χ1v) is 10.0. The van der Waals surface area contributed by atoms with Crippen molar-refractivity contribution >= 4 is 38.6 Å². The van der Waals surface area contributed by atoms with Crippen LogP contribution in [-0.4, -0.2) is 34.1 Å². The second-order valence-corrected chi connectivity index (χ2v) is 7.46. The molecule has 0 unspecified atom stereocenters. The maximum atomic E-state index is 12.5. The lowest BCUT2D eigenvalue weighted by Crippen LogP contribution is -2.13. The van der Waals surface area contributed by atoms with Gasteiger partial charge in [-0.2, -0.15) is 0 Å². The Bertz CT molecular complexity index is 1260. The van der Waals surface area contributed by atoms with Crippen molar-refractivity contribution in [2.24, 2.45) is 0 Å². The number of carbonyl (C=O) groups is 2. The van der Waals surface area contributed by atoms with E-state index in [0.717, 1.165) is 5.56 Å². The Kier molecular flexibility index (Phi) is 5.76. The maximum absolute atomic E-state index is 12.5. The van der Waals surface area contributed by atoms with Gasteiger partial charge in [-0.15, -0.1) is 0 Å². The van der Waals surface area contributed by atoms with Crippen LogP contribution in [0, 0.1) is 0 Å². The van der Waals surface area contributed by atoms with Crippen LogP contribution in [-0.2, 0) is 11.3 Å². The summed E-state index contributed by atoms with van der Waals surface area (Å²) in [6.45, 7) is 0.179. The number of thiazole rings is 1. The van der Waals surface area contributed by atoms with Crippen LogP contribution in [0.5, 0.6) is 11.5 Å². The molecule has 2 aromatic carbocycles. The Morgan fingerprint density at radius 1 is 1.13 bits per heavy atom. The number of aromatic hydroxyl groups is 1. The molecule has 0 fully saturated rings. The van der Waals surface area contributed by atoms with Crippen molar-refractivity contribution in [1.29, 1.82) is 0 Å². The summed E-state index contributed by atoms with van der Waals surface area (Å²) in [5, 5.41) is 13.0. The van der Waals surface area contributed by atoms with Crippen molar-refractivity contribution in [3.63, 3.8) is 0 Å². The number of nitrogens with zero attached hydrogens (tertiary/aromatic N) is 2. The molecule has 4 aromatic rings. The summed E-state index contributed by atoms with van der Waals surface area (Å²) < 4.78 is 11.0. The fourth-order valence-corrected chi connectivity index (χ4v) is 3.74. The quantitative estimate of drug-likeness (QED) is 0.440. The van der Waals surface area contributed by atoms with E-state index in [2.05, 4.69) is 15.3 Å². The van der Waals surface area contributed by atoms with E-state index in [-0.39, 0.29) is 23.8 Å².